The van der Waals surface area contributed by atoms with E-state index in [0.29, 0.717) is 55.9 Å². The van der Waals surface area contributed by atoms with Crippen LogP contribution in [0.2, 0.25) is 0 Å². The van der Waals surface area contributed by atoms with Crippen molar-refractivity contribution in [2.45, 2.75) is 39.0 Å². The van der Waals surface area contributed by atoms with Crippen LogP contribution in [0.5, 0.6) is 0 Å². The van der Waals surface area contributed by atoms with E-state index < -0.39 is 0 Å². The Kier molecular flexibility index (Phi) is 5.19. The smallest absolute Gasteiger partial charge is 0.232 e. The normalized spacial score (nSPS) is 21.6. The van der Waals surface area contributed by atoms with E-state index in [9.17, 15) is 9.18 Å². The maximum absolute atomic E-state index is 13.2. The highest BCUT2D eigenvalue weighted by Crippen LogP contribution is 2.49. The van der Waals surface area contributed by atoms with Gasteiger partial charge in [-0.3, -0.25) is 4.79 Å². The van der Waals surface area contributed by atoms with Crippen LogP contribution >= 0.6 is 0 Å². The van der Waals surface area contributed by atoms with Crippen molar-refractivity contribution in [3.05, 3.63) is 36.0 Å². The summed E-state index contributed by atoms with van der Waals surface area (Å²) >= 11 is 0. The first kappa shape index (κ1) is 19.1. The zero-order valence-electron chi connectivity index (χ0n) is 16.4. The molecule has 7 heteroatoms. The number of benzene rings is 1. The van der Waals surface area contributed by atoms with Crippen molar-refractivity contribution in [1.29, 1.82) is 0 Å². The SMILES string of the molecule is CC(C)CC(=O)N1C[C@H](c2nc(-c3ccc(F)cc3)no2)C2(CCOCC2)C1. The summed E-state index contributed by atoms with van der Waals surface area (Å²) in [5.74, 6) is 1.20. The molecule has 2 aliphatic rings. The molecular weight excluding hydrogens is 361 g/mol. The van der Waals surface area contributed by atoms with Crippen LogP contribution in [0, 0.1) is 17.2 Å². The molecule has 1 amide bonds. The summed E-state index contributed by atoms with van der Waals surface area (Å²) in [4.78, 5) is 19.3. The summed E-state index contributed by atoms with van der Waals surface area (Å²) in [5.41, 5.74) is 0.625. The molecule has 0 N–H and O–H groups in total. The fourth-order valence-corrected chi connectivity index (χ4v) is 4.35. The van der Waals surface area contributed by atoms with Crippen molar-refractivity contribution < 1.29 is 18.4 Å². The van der Waals surface area contributed by atoms with Gasteiger partial charge in [0.1, 0.15) is 5.82 Å². The minimum atomic E-state index is -0.302. The maximum Gasteiger partial charge on any atom is 0.232 e. The van der Waals surface area contributed by atoms with Crippen molar-refractivity contribution in [3.8, 4) is 11.4 Å². The quantitative estimate of drug-likeness (QED) is 0.801. The predicted molar refractivity (Wildman–Crippen MR) is 101 cm³/mol. The average Bonchev–Trinajstić information content (AvgIpc) is 3.28. The van der Waals surface area contributed by atoms with Gasteiger partial charge in [-0.15, -0.1) is 0 Å². The molecule has 1 aromatic heterocycles. The highest BCUT2D eigenvalue weighted by atomic mass is 19.1. The average molecular weight is 387 g/mol. The van der Waals surface area contributed by atoms with Crippen LogP contribution < -0.4 is 0 Å². The van der Waals surface area contributed by atoms with Gasteiger partial charge in [-0.1, -0.05) is 19.0 Å². The van der Waals surface area contributed by atoms with Crippen LogP contribution in [0.15, 0.2) is 28.8 Å². The van der Waals surface area contributed by atoms with E-state index in [4.69, 9.17) is 9.26 Å². The van der Waals surface area contributed by atoms with Gasteiger partial charge in [-0.2, -0.15) is 4.98 Å². The number of rotatable bonds is 4. The minimum absolute atomic E-state index is 0.00536. The number of halogens is 1. The van der Waals surface area contributed by atoms with Gasteiger partial charge in [0.2, 0.25) is 17.6 Å². The number of hydrogen-bond acceptors (Lipinski definition) is 5. The van der Waals surface area contributed by atoms with Crippen LogP contribution in [-0.4, -0.2) is 47.3 Å². The zero-order chi connectivity index (χ0) is 19.7. The topological polar surface area (TPSA) is 68.5 Å². The van der Waals surface area contributed by atoms with E-state index in [2.05, 4.69) is 24.0 Å². The van der Waals surface area contributed by atoms with Gasteiger partial charge in [0.15, 0.2) is 0 Å². The fraction of sp³-hybridized carbons (Fsp3) is 0.571. The molecule has 3 heterocycles. The van der Waals surface area contributed by atoms with Crippen molar-refractivity contribution >= 4 is 5.91 Å². The molecule has 6 nitrogen and oxygen atoms in total. The summed E-state index contributed by atoms with van der Waals surface area (Å²) in [6, 6.07) is 6.04. The van der Waals surface area contributed by atoms with Crippen LogP contribution in [0.4, 0.5) is 4.39 Å². The number of carbonyl (C=O) groups is 1. The molecule has 2 fully saturated rings. The first-order valence-electron chi connectivity index (χ1n) is 9.92. The summed E-state index contributed by atoms with van der Waals surface area (Å²) in [6.07, 6.45) is 2.29. The third-order valence-electron chi connectivity index (χ3n) is 5.91. The Bertz CT molecular complexity index is 828. The Morgan fingerprint density at radius 2 is 2.00 bits per heavy atom. The van der Waals surface area contributed by atoms with Crippen LogP contribution in [0.3, 0.4) is 0 Å². The number of nitrogens with zero attached hydrogens (tertiary/aromatic N) is 3. The Hall–Kier alpha value is -2.28. The summed E-state index contributed by atoms with van der Waals surface area (Å²) in [7, 11) is 0. The number of ether oxygens (including phenoxy) is 1. The van der Waals surface area contributed by atoms with E-state index in [1.165, 1.54) is 12.1 Å². The molecule has 1 spiro atoms. The molecule has 0 bridgehead atoms. The predicted octanol–water partition coefficient (Wildman–Crippen LogP) is 3.64. The molecule has 0 aliphatic carbocycles. The molecule has 0 radical (unpaired) electrons. The Morgan fingerprint density at radius 1 is 1.29 bits per heavy atom. The Labute approximate surface area is 164 Å². The number of amides is 1. The van der Waals surface area contributed by atoms with Gasteiger partial charge in [0.05, 0.1) is 5.92 Å². The molecule has 4 rings (SSSR count). The van der Waals surface area contributed by atoms with Crippen molar-refractivity contribution in [1.82, 2.24) is 15.0 Å². The summed E-state index contributed by atoms with van der Waals surface area (Å²) < 4.78 is 24.4. The molecule has 1 aromatic carbocycles. The second-order valence-electron chi connectivity index (χ2n) is 8.36. The van der Waals surface area contributed by atoms with Gasteiger partial charge in [-0.25, -0.2) is 4.39 Å². The molecule has 0 unspecified atom stereocenters. The second kappa shape index (κ2) is 7.62. The third-order valence-corrected chi connectivity index (χ3v) is 5.91. The van der Waals surface area contributed by atoms with Gasteiger partial charge in [-0.05, 0) is 43.0 Å². The van der Waals surface area contributed by atoms with Gasteiger partial charge < -0.3 is 14.2 Å². The Balaban J connectivity index is 1.60. The standard InChI is InChI=1S/C21H26FN3O3/c1-14(2)11-18(26)25-12-17(21(13-25)7-9-27-10-8-21)20-23-19(24-28-20)15-3-5-16(22)6-4-15/h3-6,14,17H,7-13H2,1-2H3/t17-/m1/s1. The lowest BCUT2D eigenvalue weighted by atomic mass is 9.72. The van der Waals surface area contributed by atoms with Crippen molar-refractivity contribution in [2.75, 3.05) is 26.3 Å². The minimum Gasteiger partial charge on any atom is -0.381 e. The summed E-state index contributed by atoms with van der Waals surface area (Å²) in [5, 5.41) is 4.11. The van der Waals surface area contributed by atoms with Crippen LogP contribution in [0.25, 0.3) is 11.4 Å². The fourth-order valence-electron chi connectivity index (χ4n) is 4.35. The monoisotopic (exact) mass is 387 g/mol. The second-order valence-corrected chi connectivity index (χ2v) is 8.36. The highest BCUT2D eigenvalue weighted by Gasteiger charge is 2.51. The molecular formula is C21H26FN3O3. The lowest BCUT2D eigenvalue weighted by Gasteiger charge is -2.36. The maximum atomic E-state index is 13.2. The molecule has 2 aromatic rings. The number of aromatic nitrogens is 2. The lowest BCUT2D eigenvalue weighted by molar-refractivity contribution is -0.131. The zero-order valence-corrected chi connectivity index (χ0v) is 16.4. The van der Waals surface area contributed by atoms with Crippen LogP contribution in [-0.2, 0) is 9.53 Å². The van der Waals surface area contributed by atoms with Crippen LogP contribution in [0.1, 0.15) is 44.9 Å². The van der Waals surface area contributed by atoms with E-state index >= 15 is 0 Å². The van der Waals surface area contributed by atoms with Crippen molar-refractivity contribution in [2.24, 2.45) is 11.3 Å². The van der Waals surface area contributed by atoms with E-state index in [0.717, 1.165) is 12.8 Å². The molecule has 150 valence electrons. The first-order chi connectivity index (χ1) is 13.5. The summed E-state index contributed by atoms with van der Waals surface area (Å²) in [6.45, 7) is 6.78. The number of likely N-dealkylation sites (tertiary alicyclic amines) is 1. The Morgan fingerprint density at radius 3 is 2.68 bits per heavy atom. The van der Waals surface area contributed by atoms with E-state index in [1.54, 1.807) is 12.1 Å². The van der Waals surface area contributed by atoms with Crippen molar-refractivity contribution in [3.63, 3.8) is 0 Å². The largest absolute Gasteiger partial charge is 0.381 e. The highest BCUT2D eigenvalue weighted by molar-refractivity contribution is 5.77. The van der Waals surface area contributed by atoms with E-state index in [1.807, 2.05) is 4.90 Å². The molecule has 1 atom stereocenters. The van der Waals surface area contributed by atoms with Gasteiger partial charge in [0, 0.05) is 43.7 Å². The molecule has 2 aliphatic heterocycles. The first-order valence-corrected chi connectivity index (χ1v) is 9.92. The number of carbonyl (C=O) groups excluding carboxylic acids is 1. The lowest BCUT2D eigenvalue weighted by Crippen LogP contribution is -2.37. The van der Waals surface area contributed by atoms with Gasteiger partial charge >= 0.3 is 0 Å². The number of hydrogen-bond donors (Lipinski definition) is 0. The molecule has 0 saturated carbocycles. The molecule has 28 heavy (non-hydrogen) atoms. The molecule has 2 saturated heterocycles. The van der Waals surface area contributed by atoms with Gasteiger partial charge in [0.25, 0.3) is 0 Å². The van der Waals surface area contributed by atoms with E-state index in [-0.39, 0.29) is 23.1 Å². The third kappa shape index (κ3) is 3.68.